The molecule has 0 bridgehead atoms. The minimum atomic E-state index is -4.31. The maximum absolute atomic E-state index is 12.8. The molecule has 0 spiro atoms. The van der Waals surface area contributed by atoms with Crippen LogP contribution >= 0.6 is 11.8 Å². The summed E-state index contributed by atoms with van der Waals surface area (Å²) in [5.41, 5.74) is 5.59. The van der Waals surface area contributed by atoms with Crippen molar-refractivity contribution in [2.24, 2.45) is 5.92 Å². The van der Waals surface area contributed by atoms with Crippen LogP contribution in [0.2, 0.25) is 0 Å². The van der Waals surface area contributed by atoms with Crippen LogP contribution in [0.1, 0.15) is 54.5 Å². The Labute approximate surface area is 211 Å². The van der Waals surface area contributed by atoms with Crippen LogP contribution in [0.3, 0.4) is 0 Å². The Morgan fingerprint density at radius 3 is 2.29 bits per heavy atom. The maximum Gasteiger partial charge on any atom is 0.416 e. The summed E-state index contributed by atoms with van der Waals surface area (Å²) in [6.45, 7) is 7.77. The zero-order valence-corrected chi connectivity index (χ0v) is 21.8. The number of rotatable bonds is 10. The number of alkyl halides is 3. The van der Waals surface area contributed by atoms with Crippen molar-refractivity contribution < 1.29 is 27.4 Å². The van der Waals surface area contributed by atoms with Crippen LogP contribution < -0.4 is 0 Å². The van der Waals surface area contributed by atoms with Gasteiger partial charge in [-0.2, -0.15) is 13.2 Å². The van der Waals surface area contributed by atoms with Gasteiger partial charge in [0.2, 0.25) is 0 Å². The van der Waals surface area contributed by atoms with E-state index in [0.29, 0.717) is 13.2 Å². The van der Waals surface area contributed by atoms with Gasteiger partial charge >= 0.3 is 6.18 Å². The molecule has 1 aliphatic rings. The number of thioether (sulfide) groups is 1. The number of hydrogen-bond acceptors (Lipinski definition) is 4. The van der Waals surface area contributed by atoms with Crippen LogP contribution in [0, 0.1) is 12.8 Å². The molecule has 0 aliphatic carbocycles. The van der Waals surface area contributed by atoms with E-state index in [9.17, 15) is 13.2 Å². The number of benzene rings is 2. The minimum Gasteiger partial charge on any atom is -0.472 e. The van der Waals surface area contributed by atoms with Gasteiger partial charge in [-0.3, -0.25) is 0 Å². The van der Waals surface area contributed by atoms with Gasteiger partial charge < -0.3 is 14.2 Å². The lowest BCUT2D eigenvalue weighted by atomic mass is 9.88. The predicted octanol–water partition coefficient (Wildman–Crippen LogP) is 7.69. The SMILES string of the molecule is CCc1cc(C)cc(CC)c1C1=C(OCOC)CC(CCSc2ccc(C(F)(F)F)cc2)COC1. The Morgan fingerprint density at radius 2 is 1.71 bits per heavy atom. The first-order valence-electron chi connectivity index (χ1n) is 12.1. The summed E-state index contributed by atoms with van der Waals surface area (Å²) in [7, 11) is 1.62. The van der Waals surface area contributed by atoms with Crippen LogP contribution in [0.4, 0.5) is 13.2 Å². The average molecular weight is 509 g/mol. The van der Waals surface area contributed by atoms with Crippen molar-refractivity contribution in [3.63, 3.8) is 0 Å². The van der Waals surface area contributed by atoms with Gasteiger partial charge in [-0.1, -0.05) is 31.5 Å². The Hall–Kier alpha value is -1.96. The van der Waals surface area contributed by atoms with E-state index in [1.54, 1.807) is 18.9 Å². The zero-order valence-electron chi connectivity index (χ0n) is 21.0. The average Bonchev–Trinajstić information content (AvgIpc) is 3.03. The quantitative estimate of drug-likeness (QED) is 0.243. The summed E-state index contributed by atoms with van der Waals surface area (Å²) in [4.78, 5) is 0.833. The molecule has 3 nitrogen and oxygen atoms in total. The first kappa shape index (κ1) is 27.6. The molecule has 1 heterocycles. The highest BCUT2D eigenvalue weighted by molar-refractivity contribution is 7.99. The Balaban J connectivity index is 1.76. The number of methoxy groups -OCH3 is 1. The van der Waals surface area contributed by atoms with Crippen molar-refractivity contribution in [1.29, 1.82) is 0 Å². The lowest BCUT2D eigenvalue weighted by molar-refractivity contribution is -0.137. The van der Waals surface area contributed by atoms with Gasteiger partial charge in [0.05, 0.1) is 18.8 Å². The normalized spacial score (nSPS) is 16.9. The van der Waals surface area contributed by atoms with E-state index in [0.717, 1.165) is 59.8 Å². The lowest BCUT2D eigenvalue weighted by Gasteiger charge is -2.21. The van der Waals surface area contributed by atoms with Gasteiger partial charge in [0.1, 0.15) is 5.76 Å². The second-order valence-corrected chi connectivity index (χ2v) is 10.0. The number of hydrogen-bond donors (Lipinski definition) is 0. The molecular weight excluding hydrogens is 473 g/mol. The Bertz CT molecular complexity index is 974. The van der Waals surface area contributed by atoms with Crippen molar-refractivity contribution in [3.8, 4) is 0 Å². The summed E-state index contributed by atoms with van der Waals surface area (Å²) in [5, 5.41) is 0. The number of allylic oxidation sites excluding steroid dienone is 1. The first-order valence-corrected chi connectivity index (χ1v) is 13.1. The molecule has 0 saturated heterocycles. The fraction of sp³-hybridized carbons (Fsp3) is 0.500. The number of halogens is 3. The number of ether oxygens (including phenoxy) is 3. The molecule has 0 radical (unpaired) electrons. The van der Waals surface area contributed by atoms with Crippen LogP contribution in [-0.2, 0) is 33.2 Å². The van der Waals surface area contributed by atoms with E-state index in [-0.39, 0.29) is 12.7 Å². The Morgan fingerprint density at radius 1 is 1.06 bits per heavy atom. The molecule has 1 unspecified atom stereocenters. The van der Waals surface area contributed by atoms with Gasteiger partial charge in [0.25, 0.3) is 0 Å². The molecule has 0 N–H and O–H groups in total. The van der Waals surface area contributed by atoms with Gasteiger partial charge in [0.15, 0.2) is 6.79 Å². The van der Waals surface area contributed by atoms with Gasteiger partial charge in [0, 0.05) is 24.0 Å². The van der Waals surface area contributed by atoms with Crippen molar-refractivity contribution in [2.75, 3.05) is 32.9 Å². The highest BCUT2D eigenvalue weighted by Gasteiger charge is 2.30. The third-order valence-corrected chi connectivity index (χ3v) is 7.29. The van der Waals surface area contributed by atoms with Gasteiger partial charge in [-0.25, -0.2) is 0 Å². The fourth-order valence-electron chi connectivity index (χ4n) is 4.50. The summed E-state index contributed by atoms with van der Waals surface area (Å²) < 4.78 is 55.9. The zero-order chi connectivity index (χ0) is 25.4. The largest absolute Gasteiger partial charge is 0.472 e. The molecule has 7 heteroatoms. The first-order chi connectivity index (χ1) is 16.8. The molecule has 3 rings (SSSR count). The molecule has 0 aromatic heterocycles. The van der Waals surface area contributed by atoms with E-state index < -0.39 is 11.7 Å². The fourth-order valence-corrected chi connectivity index (χ4v) is 5.51. The summed E-state index contributed by atoms with van der Waals surface area (Å²) in [5.74, 6) is 1.96. The monoisotopic (exact) mass is 508 g/mol. The number of aryl methyl sites for hydroxylation is 3. The topological polar surface area (TPSA) is 27.7 Å². The minimum absolute atomic E-state index is 0.181. The third kappa shape index (κ3) is 7.51. The van der Waals surface area contributed by atoms with Crippen LogP contribution in [0.5, 0.6) is 0 Å². The highest BCUT2D eigenvalue weighted by atomic mass is 32.2. The van der Waals surface area contributed by atoms with Crippen molar-refractivity contribution in [3.05, 3.63) is 70.0 Å². The summed E-state index contributed by atoms with van der Waals surface area (Å²) >= 11 is 1.57. The van der Waals surface area contributed by atoms with Gasteiger partial charge in [-0.05, 0) is 78.8 Å². The molecule has 0 fully saturated rings. The van der Waals surface area contributed by atoms with Crippen LogP contribution in [0.15, 0.2) is 47.1 Å². The van der Waals surface area contributed by atoms with E-state index in [2.05, 4.69) is 32.9 Å². The van der Waals surface area contributed by atoms with Crippen LogP contribution in [-0.4, -0.2) is 32.9 Å². The molecule has 2 aromatic carbocycles. The summed E-state index contributed by atoms with van der Waals surface area (Å²) in [6, 6.07) is 9.86. The second kappa shape index (κ2) is 12.8. The molecule has 192 valence electrons. The Kier molecular flexibility index (Phi) is 10.1. The van der Waals surface area contributed by atoms with E-state index >= 15 is 0 Å². The standard InChI is InChI=1S/C28H35F3O3S/c1-5-21-13-19(3)14-22(6-2)27(21)25-17-33-16-20(15-26(25)34-18-32-4)11-12-35-24-9-7-23(8-10-24)28(29,30)31/h7-10,13-14,20H,5-6,11-12,15-18H2,1-4H3. The molecule has 1 atom stereocenters. The highest BCUT2D eigenvalue weighted by Crippen LogP contribution is 2.36. The molecule has 0 saturated carbocycles. The van der Waals surface area contributed by atoms with Crippen molar-refractivity contribution >= 4 is 17.3 Å². The third-order valence-electron chi connectivity index (χ3n) is 6.25. The van der Waals surface area contributed by atoms with E-state index in [4.69, 9.17) is 14.2 Å². The molecule has 35 heavy (non-hydrogen) atoms. The maximum atomic E-state index is 12.8. The molecule has 1 aliphatic heterocycles. The lowest BCUT2D eigenvalue weighted by Crippen LogP contribution is -2.10. The molecular formula is C28H35F3O3S. The van der Waals surface area contributed by atoms with E-state index in [1.165, 1.54) is 34.4 Å². The van der Waals surface area contributed by atoms with E-state index in [1.807, 2.05) is 0 Å². The van der Waals surface area contributed by atoms with Crippen molar-refractivity contribution in [2.45, 2.75) is 57.5 Å². The molecule has 2 aromatic rings. The van der Waals surface area contributed by atoms with Crippen molar-refractivity contribution in [1.82, 2.24) is 0 Å². The second-order valence-electron chi connectivity index (χ2n) is 8.86. The van der Waals surface area contributed by atoms with Crippen LogP contribution in [0.25, 0.3) is 5.57 Å². The predicted molar refractivity (Wildman–Crippen MR) is 136 cm³/mol. The van der Waals surface area contributed by atoms with Gasteiger partial charge in [-0.15, -0.1) is 11.8 Å². The molecule has 0 amide bonds. The summed E-state index contributed by atoms with van der Waals surface area (Å²) in [6.07, 6.45) is -0.840. The smallest absolute Gasteiger partial charge is 0.416 e.